The number of benzene rings is 1. The second-order valence-electron chi connectivity index (χ2n) is 3.57. The van der Waals surface area contributed by atoms with Crippen LogP contribution in [0, 0.1) is 5.82 Å². The van der Waals surface area contributed by atoms with E-state index in [1.54, 1.807) is 0 Å². The molecule has 0 aliphatic rings. The number of aliphatic hydroxyl groups is 2. The van der Waals surface area contributed by atoms with Crippen LogP contribution in [0.25, 0.3) is 0 Å². The number of sulfone groups is 1. The summed E-state index contributed by atoms with van der Waals surface area (Å²) in [5.74, 6) is -3.39. The van der Waals surface area contributed by atoms with E-state index in [4.69, 9.17) is 15.3 Å². The average Bonchev–Trinajstić information content (AvgIpc) is 2.28. The summed E-state index contributed by atoms with van der Waals surface area (Å²) in [5, 5.41) is 26.3. The minimum Gasteiger partial charge on any atom is -0.478 e. The van der Waals surface area contributed by atoms with Crippen molar-refractivity contribution in [2.75, 3.05) is 12.4 Å². The zero-order valence-corrected chi connectivity index (χ0v) is 9.89. The summed E-state index contributed by atoms with van der Waals surface area (Å²) in [5.41, 5.74) is -0.381. The maximum Gasteiger partial charge on any atom is 0.335 e. The second kappa shape index (κ2) is 5.42. The van der Waals surface area contributed by atoms with Gasteiger partial charge in [-0.1, -0.05) is 0 Å². The minimum absolute atomic E-state index is 0.381. The molecule has 0 saturated heterocycles. The van der Waals surface area contributed by atoms with Gasteiger partial charge in [-0.25, -0.2) is 17.6 Å². The van der Waals surface area contributed by atoms with Crippen molar-refractivity contribution in [3.05, 3.63) is 29.6 Å². The molecule has 3 N–H and O–H groups in total. The summed E-state index contributed by atoms with van der Waals surface area (Å²) in [6.45, 7) is -0.792. The normalized spacial score (nSPS) is 13.3. The number of halogens is 1. The molecule has 1 atom stereocenters. The molecule has 0 aliphatic carbocycles. The second-order valence-corrected chi connectivity index (χ2v) is 5.57. The van der Waals surface area contributed by atoms with E-state index in [9.17, 15) is 17.6 Å². The van der Waals surface area contributed by atoms with Crippen LogP contribution in [0.5, 0.6) is 0 Å². The van der Waals surface area contributed by atoms with Crippen molar-refractivity contribution in [1.29, 1.82) is 0 Å². The van der Waals surface area contributed by atoms with Gasteiger partial charge in [-0.05, 0) is 18.2 Å². The van der Waals surface area contributed by atoms with E-state index in [-0.39, 0.29) is 5.56 Å². The first kappa shape index (κ1) is 14.6. The van der Waals surface area contributed by atoms with Crippen LogP contribution < -0.4 is 0 Å². The Kier molecular flexibility index (Phi) is 4.38. The number of hydrogen-bond donors (Lipinski definition) is 3. The monoisotopic (exact) mass is 278 g/mol. The number of carbonyl (C=O) groups is 1. The van der Waals surface area contributed by atoms with Crippen LogP contribution >= 0.6 is 0 Å². The van der Waals surface area contributed by atoms with Gasteiger partial charge >= 0.3 is 5.97 Å². The summed E-state index contributed by atoms with van der Waals surface area (Å²) in [6.07, 6.45) is -1.55. The molecule has 0 spiro atoms. The van der Waals surface area contributed by atoms with Gasteiger partial charge in [0.25, 0.3) is 0 Å². The van der Waals surface area contributed by atoms with Crippen molar-refractivity contribution < 1.29 is 32.9 Å². The molecule has 1 aromatic carbocycles. The lowest BCUT2D eigenvalue weighted by molar-refractivity contribution is 0.0696. The van der Waals surface area contributed by atoms with Crippen LogP contribution in [0.3, 0.4) is 0 Å². The van der Waals surface area contributed by atoms with Crippen molar-refractivity contribution in [2.45, 2.75) is 11.0 Å². The van der Waals surface area contributed by atoms with E-state index in [1.165, 1.54) is 0 Å². The van der Waals surface area contributed by atoms with Crippen LogP contribution in [0.4, 0.5) is 4.39 Å². The maximum atomic E-state index is 13.4. The van der Waals surface area contributed by atoms with Gasteiger partial charge in [-0.3, -0.25) is 0 Å². The number of rotatable bonds is 5. The highest BCUT2D eigenvalue weighted by Crippen LogP contribution is 2.18. The van der Waals surface area contributed by atoms with Crippen LogP contribution in [0.1, 0.15) is 10.4 Å². The average molecular weight is 278 g/mol. The summed E-state index contributed by atoms with van der Waals surface area (Å²) in [4.78, 5) is 9.85. The fourth-order valence-corrected chi connectivity index (χ4v) is 2.73. The van der Waals surface area contributed by atoms with Crippen LogP contribution in [0.2, 0.25) is 0 Å². The van der Waals surface area contributed by atoms with E-state index in [2.05, 4.69) is 0 Å². The predicted molar refractivity (Wildman–Crippen MR) is 58.5 cm³/mol. The molecular weight excluding hydrogens is 267 g/mol. The van der Waals surface area contributed by atoms with Gasteiger partial charge in [0.15, 0.2) is 9.84 Å². The molecule has 0 saturated carbocycles. The molecule has 0 aromatic heterocycles. The number of hydrogen-bond acceptors (Lipinski definition) is 5. The Hall–Kier alpha value is -1.51. The Morgan fingerprint density at radius 1 is 1.39 bits per heavy atom. The molecule has 0 heterocycles. The summed E-state index contributed by atoms with van der Waals surface area (Å²) in [7, 11) is -4.21. The highest BCUT2D eigenvalue weighted by atomic mass is 32.2. The van der Waals surface area contributed by atoms with Crippen LogP contribution in [-0.4, -0.2) is 48.2 Å². The van der Waals surface area contributed by atoms with E-state index < -0.39 is 45.0 Å². The number of aliphatic hydroxyl groups excluding tert-OH is 2. The molecule has 0 amide bonds. The lowest BCUT2D eigenvalue weighted by Crippen LogP contribution is -2.25. The molecule has 1 unspecified atom stereocenters. The summed E-state index contributed by atoms with van der Waals surface area (Å²) in [6, 6.07) is 2.33. The fourth-order valence-electron chi connectivity index (χ4n) is 1.27. The summed E-state index contributed by atoms with van der Waals surface area (Å²) < 4.78 is 36.8. The minimum atomic E-state index is -4.21. The molecule has 6 nitrogen and oxygen atoms in total. The predicted octanol–water partition coefficient (Wildman–Crippen LogP) is -0.349. The third-order valence-corrected chi connectivity index (χ3v) is 3.94. The van der Waals surface area contributed by atoms with Gasteiger partial charge < -0.3 is 15.3 Å². The van der Waals surface area contributed by atoms with E-state index in [0.717, 1.165) is 12.1 Å². The fraction of sp³-hybridized carbons (Fsp3) is 0.300. The number of aromatic carboxylic acids is 1. The Balaban J connectivity index is 3.23. The van der Waals surface area contributed by atoms with Crippen molar-refractivity contribution >= 4 is 15.8 Å². The van der Waals surface area contributed by atoms with Crippen molar-refractivity contribution in [3.8, 4) is 0 Å². The SMILES string of the molecule is O=C(O)c1ccc(F)c(S(=O)(=O)CC(O)CO)c1. The van der Waals surface area contributed by atoms with Crippen molar-refractivity contribution in [3.63, 3.8) is 0 Å². The standard InChI is InChI=1S/C10H11FO6S/c11-8-2-1-6(10(14)15)3-9(8)18(16,17)5-7(13)4-12/h1-3,7,12-13H,4-5H2,(H,14,15). The number of carboxylic acid groups (broad SMARTS) is 1. The van der Waals surface area contributed by atoms with Crippen LogP contribution in [-0.2, 0) is 9.84 Å². The smallest absolute Gasteiger partial charge is 0.335 e. The molecule has 8 heteroatoms. The molecule has 0 fully saturated rings. The van der Waals surface area contributed by atoms with Gasteiger partial charge in [0, 0.05) is 0 Å². The Morgan fingerprint density at radius 2 is 2.00 bits per heavy atom. The Bertz CT molecular complexity index is 553. The quantitative estimate of drug-likeness (QED) is 0.678. The highest BCUT2D eigenvalue weighted by Gasteiger charge is 2.24. The van der Waals surface area contributed by atoms with Gasteiger partial charge in [-0.2, -0.15) is 0 Å². The zero-order valence-electron chi connectivity index (χ0n) is 9.08. The van der Waals surface area contributed by atoms with E-state index in [0.29, 0.717) is 6.07 Å². The lowest BCUT2D eigenvalue weighted by atomic mass is 10.2. The molecule has 100 valence electrons. The topological polar surface area (TPSA) is 112 Å². The van der Waals surface area contributed by atoms with Gasteiger partial charge in [0.2, 0.25) is 0 Å². The first-order valence-electron chi connectivity index (χ1n) is 4.82. The molecule has 1 aromatic rings. The molecule has 0 radical (unpaired) electrons. The lowest BCUT2D eigenvalue weighted by Gasteiger charge is -2.09. The first-order chi connectivity index (χ1) is 8.27. The Morgan fingerprint density at radius 3 is 2.50 bits per heavy atom. The van der Waals surface area contributed by atoms with Crippen molar-refractivity contribution in [1.82, 2.24) is 0 Å². The van der Waals surface area contributed by atoms with Gasteiger partial charge in [0.1, 0.15) is 10.7 Å². The van der Waals surface area contributed by atoms with Gasteiger partial charge in [-0.15, -0.1) is 0 Å². The summed E-state index contributed by atoms with van der Waals surface area (Å²) >= 11 is 0. The highest BCUT2D eigenvalue weighted by molar-refractivity contribution is 7.91. The molecule has 0 aliphatic heterocycles. The molecule has 1 rings (SSSR count). The number of carboxylic acids is 1. The van der Waals surface area contributed by atoms with Crippen LogP contribution in [0.15, 0.2) is 23.1 Å². The zero-order chi connectivity index (χ0) is 13.9. The molecule has 0 bridgehead atoms. The maximum absolute atomic E-state index is 13.4. The molecular formula is C10H11FO6S. The third kappa shape index (κ3) is 3.25. The van der Waals surface area contributed by atoms with Crippen molar-refractivity contribution in [2.24, 2.45) is 0 Å². The van der Waals surface area contributed by atoms with E-state index in [1.807, 2.05) is 0 Å². The first-order valence-corrected chi connectivity index (χ1v) is 6.47. The van der Waals surface area contributed by atoms with E-state index >= 15 is 0 Å². The Labute approximate surface area is 102 Å². The third-order valence-electron chi connectivity index (χ3n) is 2.14. The largest absolute Gasteiger partial charge is 0.478 e. The van der Waals surface area contributed by atoms with Gasteiger partial charge in [0.05, 0.1) is 24.0 Å². The molecule has 18 heavy (non-hydrogen) atoms.